The minimum absolute atomic E-state index is 0.148. The molecule has 0 aliphatic rings. The Kier molecular flexibility index (Phi) is 7.46. The number of nitrogens with zero attached hydrogens (tertiary/aromatic N) is 4. The van der Waals surface area contributed by atoms with Gasteiger partial charge in [-0.1, -0.05) is 57.5 Å². The number of aromatic nitrogens is 4. The number of aryl methyl sites for hydroxylation is 1. The molecule has 2 aromatic heterocycles. The highest BCUT2D eigenvalue weighted by Crippen LogP contribution is 2.27. The van der Waals surface area contributed by atoms with Gasteiger partial charge in [0.25, 0.3) is 0 Å². The molecule has 2 aromatic carbocycles. The van der Waals surface area contributed by atoms with Crippen LogP contribution < -0.4 is 10.1 Å². The number of carbonyl (C=O) groups excluding carboxylic acids is 1. The molecule has 170 valence electrons. The predicted molar refractivity (Wildman–Crippen MR) is 136 cm³/mol. The minimum Gasteiger partial charge on any atom is -0.483 e. The summed E-state index contributed by atoms with van der Waals surface area (Å²) in [5.74, 6) is 1.52. The van der Waals surface area contributed by atoms with Gasteiger partial charge in [0, 0.05) is 22.5 Å². The van der Waals surface area contributed by atoms with E-state index in [4.69, 9.17) is 4.74 Å². The Hall–Kier alpha value is -2.69. The fraction of sp³-hybridized carbons (Fsp3) is 0.217. The maximum atomic E-state index is 12.4. The summed E-state index contributed by atoms with van der Waals surface area (Å²) in [6, 6.07) is 15.8. The summed E-state index contributed by atoms with van der Waals surface area (Å²) in [7, 11) is 1.87. The molecule has 0 radical (unpaired) electrons. The van der Waals surface area contributed by atoms with E-state index in [0.717, 1.165) is 21.5 Å². The van der Waals surface area contributed by atoms with Crippen LogP contribution in [-0.2, 0) is 11.8 Å². The number of carbonyl (C=O) groups is 1. The van der Waals surface area contributed by atoms with Crippen LogP contribution >= 0.6 is 39.0 Å². The highest BCUT2D eigenvalue weighted by molar-refractivity contribution is 9.10. The Morgan fingerprint density at radius 2 is 1.91 bits per heavy atom. The molecule has 1 unspecified atom stereocenters. The number of nitrogens with one attached hydrogen (secondary N) is 1. The normalized spacial score (nSPS) is 11.9. The minimum atomic E-state index is -0.277. The van der Waals surface area contributed by atoms with Crippen LogP contribution in [0.15, 0.2) is 63.5 Å². The average Bonchev–Trinajstić information content (AvgIpc) is 3.41. The van der Waals surface area contributed by atoms with Crippen LogP contribution in [0.4, 0.5) is 5.13 Å². The molecule has 0 saturated heterocycles. The van der Waals surface area contributed by atoms with Gasteiger partial charge >= 0.3 is 0 Å². The fourth-order valence-corrected chi connectivity index (χ4v) is 4.77. The first-order chi connectivity index (χ1) is 15.9. The van der Waals surface area contributed by atoms with Gasteiger partial charge in [-0.05, 0) is 38.1 Å². The highest BCUT2D eigenvalue weighted by atomic mass is 79.9. The van der Waals surface area contributed by atoms with Crippen LogP contribution in [0.5, 0.6) is 5.75 Å². The summed E-state index contributed by atoms with van der Waals surface area (Å²) >= 11 is 6.15. The van der Waals surface area contributed by atoms with Crippen LogP contribution in [0.3, 0.4) is 0 Å². The number of halogens is 1. The highest BCUT2D eigenvalue weighted by Gasteiger charge is 2.18. The third-order valence-electron chi connectivity index (χ3n) is 4.79. The van der Waals surface area contributed by atoms with Crippen molar-refractivity contribution in [3.05, 3.63) is 69.8 Å². The number of amides is 1. The summed E-state index contributed by atoms with van der Waals surface area (Å²) in [5.41, 5.74) is 3.00. The third-order valence-corrected chi connectivity index (χ3v) is 7.10. The van der Waals surface area contributed by atoms with Crippen molar-refractivity contribution in [1.82, 2.24) is 19.7 Å². The van der Waals surface area contributed by atoms with Crippen molar-refractivity contribution in [2.75, 3.05) is 11.1 Å². The number of rotatable bonds is 8. The molecule has 1 atom stereocenters. The molecule has 0 aliphatic heterocycles. The Balaban J connectivity index is 1.32. The van der Waals surface area contributed by atoms with Crippen LogP contribution in [-0.4, -0.2) is 31.4 Å². The molecule has 4 rings (SSSR count). The average molecular weight is 545 g/mol. The Bertz CT molecular complexity index is 1240. The Morgan fingerprint density at radius 3 is 2.64 bits per heavy atom. The largest absolute Gasteiger partial charge is 0.483 e. The molecule has 0 saturated carbocycles. The second-order valence-corrected chi connectivity index (χ2v) is 10.1. The monoisotopic (exact) mass is 543 g/mol. The number of hydrogen-bond acceptors (Lipinski definition) is 7. The maximum absolute atomic E-state index is 12.4. The van der Waals surface area contributed by atoms with Crippen LogP contribution in [0, 0.1) is 6.92 Å². The van der Waals surface area contributed by atoms with E-state index < -0.39 is 0 Å². The first-order valence-corrected chi connectivity index (χ1v) is 12.8. The summed E-state index contributed by atoms with van der Waals surface area (Å²) in [6.45, 7) is 3.96. The molecule has 7 nitrogen and oxygen atoms in total. The maximum Gasteiger partial charge on any atom is 0.236 e. The molecular formula is C23H22BrN5O2S2. The van der Waals surface area contributed by atoms with Gasteiger partial charge in [0.05, 0.1) is 11.4 Å². The lowest BCUT2D eigenvalue weighted by atomic mass is 10.2. The smallest absolute Gasteiger partial charge is 0.236 e. The molecule has 1 N–H and O–H groups in total. The molecule has 0 aliphatic carbocycles. The molecule has 0 spiro atoms. The molecule has 0 bridgehead atoms. The summed E-state index contributed by atoms with van der Waals surface area (Å²) < 4.78 is 8.84. The van der Waals surface area contributed by atoms with Crippen molar-refractivity contribution in [1.29, 1.82) is 0 Å². The van der Waals surface area contributed by atoms with Gasteiger partial charge < -0.3 is 14.6 Å². The Morgan fingerprint density at radius 1 is 1.18 bits per heavy atom. The van der Waals surface area contributed by atoms with Gasteiger partial charge in [0.2, 0.25) is 5.91 Å². The van der Waals surface area contributed by atoms with Gasteiger partial charge in [0.15, 0.2) is 22.2 Å². The molecule has 10 heteroatoms. The number of hydrogen-bond donors (Lipinski definition) is 1. The fourth-order valence-electron chi connectivity index (χ4n) is 3.05. The van der Waals surface area contributed by atoms with Crippen molar-refractivity contribution in [3.8, 4) is 17.0 Å². The quantitative estimate of drug-likeness (QED) is 0.279. The summed E-state index contributed by atoms with van der Waals surface area (Å²) in [4.78, 5) is 17.0. The van der Waals surface area contributed by atoms with Crippen LogP contribution in [0.2, 0.25) is 0 Å². The standard InChI is InChI=1S/C23H22BrN5O2S2/c1-14-4-10-18(11-5-14)31-15(2)21-27-28-23(29(21)3)33-13-20(30)26-22-25-19(12-32-22)16-6-8-17(24)9-7-16/h4-12,15H,13H2,1-3H3,(H,25,26,30). The van der Waals surface area contributed by atoms with Gasteiger partial charge in [0.1, 0.15) is 5.75 Å². The lowest BCUT2D eigenvalue weighted by Gasteiger charge is -2.14. The van der Waals surface area contributed by atoms with Gasteiger partial charge in [-0.25, -0.2) is 4.98 Å². The lowest BCUT2D eigenvalue weighted by Crippen LogP contribution is -2.14. The SMILES string of the molecule is Cc1ccc(OC(C)c2nnc(SCC(=O)Nc3nc(-c4ccc(Br)cc4)cs3)n2C)cc1. The summed E-state index contributed by atoms with van der Waals surface area (Å²) in [5, 5.41) is 14.5. The number of benzene rings is 2. The lowest BCUT2D eigenvalue weighted by molar-refractivity contribution is -0.113. The van der Waals surface area contributed by atoms with E-state index in [9.17, 15) is 4.79 Å². The van der Waals surface area contributed by atoms with Gasteiger partial charge in [-0.2, -0.15) is 0 Å². The first kappa shape index (κ1) is 23.5. The summed E-state index contributed by atoms with van der Waals surface area (Å²) in [6.07, 6.45) is -0.277. The first-order valence-electron chi connectivity index (χ1n) is 10.2. The third kappa shape index (κ3) is 6.01. The van der Waals surface area contributed by atoms with Crippen LogP contribution in [0.1, 0.15) is 24.4 Å². The van der Waals surface area contributed by atoms with Crippen molar-refractivity contribution in [3.63, 3.8) is 0 Å². The Labute approximate surface area is 208 Å². The van der Waals surface area contributed by atoms with E-state index in [2.05, 4.69) is 36.4 Å². The zero-order valence-electron chi connectivity index (χ0n) is 18.3. The zero-order valence-corrected chi connectivity index (χ0v) is 21.5. The predicted octanol–water partition coefficient (Wildman–Crippen LogP) is 5.88. The van der Waals surface area contributed by atoms with E-state index in [1.165, 1.54) is 28.7 Å². The van der Waals surface area contributed by atoms with Crippen molar-refractivity contribution in [2.24, 2.45) is 7.05 Å². The number of thioether (sulfide) groups is 1. The van der Waals surface area contributed by atoms with E-state index in [1.807, 2.05) is 79.4 Å². The molecule has 4 aromatic rings. The van der Waals surface area contributed by atoms with E-state index in [1.54, 1.807) is 0 Å². The van der Waals surface area contributed by atoms with Crippen molar-refractivity contribution in [2.45, 2.75) is 25.1 Å². The molecular weight excluding hydrogens is 522 g/mol. The second-order valence-electron chi connectivity index (χ2n) is 7.35. The molecule has 33 heavy (non-hydrogen) atoms. The number of anilines is 1. The topological polar surface area (TPSA) is 81.9 Å². The second kappa shape index (κ2) is 10.5. The van der Waals surface area contributed by atoms with Crippen molar-refractivity contribution >= 4 is 50.1 Å². The molecule has 2 heterocycles. The van der Waals surface area contributed by atoms with Gasteiger partial charge in [-0.3, -0.25) is 4.79 Å². The van der Waals surface area contributed by atoms with E-state index in [0.29, 0.717) is 16.1 Å². The van der Waals surface area contributed by atoms with Crippen LogP contribution in [0.25, 0.3) is 11.3 Å². The number of ether oxygens (including phenoxy) is 1. The van der Waals surface area contributed by atoms with Crippen molar-refractivity contribution < 1.29 is 9.53 Å². The van der Waals surface area contributed by atoms with Gasteiger partial charge in [-0.15, -0.1) is 21.5 Å². The van der Waals surface area contributed by atoms with E-state index in [-0.39, 0.29) is 17.8 Å². The van der Waals surface area contributed by atoms with E-state index >= 15 is 0 Å². The molecule has 0 fully saturated rings. The molecule has 1 amide bonds. The zero-order chi connectivity index (χ0) is 23.4. The number of thiazole rings is 1.